The summed E-state index contributed by atoms with van der Waals surface area (Å²) >= 11 is 0. The van der Waals surface area contributed by atoms with Gasteiger partial charge in [-0.1, -0.05) is 27.7 Å². The molecule has 16 atom stereocenters. The van der Waals surface area contributed by atoms with Crippen molar-refractivity contribution in [1.82, 2.24) is 9.80 Å². The zero-order valence-corrected chi connectivity index (χ0v) is 38.7. The fraction of sp³-hybridized carbons (Fsp3) is 0.918. The van der Waals surface area contributed by atoms with E-state index in [9.17, 15) is 19.8 Å². The molecule has 2 N–H and O–H groups in total. The van der Waals surface area contributed by atoms with Crippen molar-refractivity contribution in [2.75, 3.05) is 47.2 Å². The summed E-state index contributed by atoms with van der Waals surface area (Å²) < 4.78 is 10.9. The molecule has 0 aromatic carbocycles. The number of halogens is 1. The fourth-order valence-corrected chi connectivity index (χ4v) is 17.8. The molecular formula is C49H79BrN2O6. The van der Waals surface area contributed by atoms with Crippen molar-refractivity contribution in [3.05, 3.63) is 12.4 Å². The third-order valence-electron chi connectivity index (χ3n) is 20.8. The molecule has 0 aromatic heterocycles. The summed E-state index contributed by atoms with van der Waals surface area (Å²) in [6.45, 7) is 12.5. The van der Waals surface area contributed by atoms with Gasteiger partial charge >= 0.3 is 0 Å². The summed E-state index contributed by atoms with van der Waals surface area (Å²) in [4.78, 5) is 32.9. The Morgan fingerprint density at radius 3 is 1.34 bits per heavy atom. The number of carbonyl (C=O) groups excluding carboxylic acids is 2. The molecule has 4 unspecified atom stereocenters. The number of Topliss-reactive ketones (excluding diaryl/α,β-unsaturated/α-hetero) is 2. The predicted octanol–water partition coefficient (Wildman–Crippen LogP) is 8.82. The minimum absolute atomic E-state index is 0. The van der Waals surface area contributed by atoms with Gasteiger partial charge in [-0.2, -0.15) is 0 Å². The first-order chi connectivity index (χ1) is 27.1. The number of ketones is 2. The van der Waals surface area contributed by atoms with Crippen molar-refractivity contribution < 1.29 is 29.3 Å². The lowest BCUT2D eigenvalue weighted by molar-refractivity contribution is -0.164. The number of hydrogen-bond acceptors (Lipinski definition) is 8. The summed E-state index contributed by atoms with van der Waals surface area (Å²) in [6, 6.07) is 0. The Labute approximate surface area is 361 Å². The van der Waals surface area contributed by atoms with Crippen LogP contribution in [0, 0.1) is 80.8 Å². The topological polar surface area (TPSA) is 99.5 Å². The highest BCUT2D eigenvalue weighted by molar-refractivity contribution is 8.93. The fourth-order valence-electron chi connectivity index (χ4n) is 17.8. The van der Waals surface area contributed by atoms with Crippen molar-refractivity contribution in [2.24, 2.45) is 80.8 Å². The Morgan fingerprint density at radius 2 is 0.948 bits per heavy atom. The highest BCUT2D eigenvalue weighted by atomic mass is 79.9. The second-order valence-electron chi connectivity index (χ2n) is 23.3. The summed E-state index contributed by atoms with van der Waals surface area (Å²) in [6.07, 6.45) is 23.8. The number of methoxy groups -OCH3 is 2. The molecule has 9 heteroatoms. The first-order valence-corrected chi connectivity index (χ1v) is 23.7. The summed E-state index contributed by atoms with van der Waals surface area (Å²) in [5, 5.41) is 22.6. The average molecular weight is 872 g/mol. The number of carbonyl (C=O) groups is 2. The molecule has 1 heterocycles. The first kappa shape index (κ1) is 43.6. The van der Waals surface area contributed by atoms with Crippen molar-refractivity contribution in [2.45, 2.75) is 154 Å². The first-order valence-electron chi connectivity index (χ1n) is 23.7. The van der Waals surface area contributed by atoms with Crippen LogP contribution in [0.4, 0.5) is 0 Å². The molecule has 0 spiro atoms. The molecule has 8 nitrogen and oxygen atoms in total. The smallest absolute Gasteiger partial charge is 0.155 e. The number of fused-ring (bicyclic) bond motifs is 10. The van der Waals surface area contributed by atoms with Crippen molar-refractivity contribution >= 4 is 28.5 Å². The van der Waals surface area contributed by atoms with Crippen molar-refractivity contribution in [1.29, 1.82) is 0 Å². The Bertz CT molecular complexity index is 1480. The van der Waals surface area contributed by atoms with Gasteiger partial charge in [-0.15, -0.1) is 17.0 Å². The molecule has 8 fully saturated rings. The van der Waals surface area contributed by atoms with Gasteiger partial charge in [-0.3, -0.25) is 9.59 Å². The second kappa shape index (κ2) is 15.7. The lowest BCUT2D eigenvalue weighted by Crippen LogP contribution is -2.57. The van der Waals surface area contributed by atoms with Gasteiger partial charge in [-0.25, -0.2) is 0 Å². The molecule has 0 saturated heterocycles. The van der Waals surface area contributed by atoms with E-state index in [1.54, 1.807) is 14.2 Å². The number of aliphatic hydroxyl groups is 2. The Kier molecular flexibility index (Phi) is 11.8. The molecule has 8 saturated carbocycles. The third kappa shape index (κ3) is 6.94. The van der Waals surface area contributed by atoms with E-state index in [1.165, 1.54) is 51.4 Å². The molecule has 1 aliphatic heterocycles. The maximum absolute atomic E-state index is 14.3. The van der Waals surface area contributed by atoms with Gasteiger partial charge in [-0.05, 0) is 185 Å². The SMILES string of the molecule is Br.COCC1(O)CC[C@@]2(C)C(CC[C@H]3[C@@H]4CC[C@H](C(=O)CN5C=CN(CC(=O)[C@H]6CC[C@H]7[C@@H]8CCC9CC(O)(COC)CC[C@]9(C)[C@H]8CC[C@]67C)C5)[C@@]4(C)CC[C@@H]32)C1. The molecular weight excluding hydrogens is 792 g/mol. The van der Waals surface area contributed by atoms with Crippen LogP contribution >= 0.6 is 17.0 Å². The maximum atomic E-state index is 14.3. The van der Waals surface area contributed by atoms with E-state index in [-0.39, 0.29) is 50.5 Å². The highest BCUT2D eigenvalue weighted by Gasteiger charge is 2.64. The van der Waals surface area contributed by atoms with Crippen molar-refractivity contribution in [3.63, 3.8) is 0 Å². The quantitative estimate of drug-likeness (QED) is 0.225. The zero-order chi connectivity index (χ0) is 40.2. The minimum atomic E-state index is -0.668. The zero-order valence-electron chi connectivity index (χ0n) is 37.0. The Morgan fingerprint density at radius 1 is 0.552 bits per heavy atom. The number of ether oxygens (including phenoxy) is 2. The van der Waals surface area contributed by atoms with Gasteiger partial charge in [0.25, 0.3) is 0 Å². The largest absolute Gasteiger partial charge is 0.387 e. The standard InChI is InChI=1S/C49H78N2O6.BrH/c1-44-19-21-48(54,29-56-5)25-32(44)7-9-34-36-11-13-40(46(36,3)17-15-38(34)44)42(52)27-50-23-24-51(31-50)28-43(53)41-14-12-37-35-10-8-33-26-49(55,30-57-6)22-20-45(33,2)39(35)16-18-47(37,41)4;/h23-24,32-41,54-55H,7-22,25-31H2,1-6H3;1H/t32?,33?,34-,35-,36-,37-,38-,39-,40+,41+,44-,45-,46-,47-,48?,49?;/m0./s1. The number of rotatable bonds is 10. The normalized spacial score (nSPS) is 50.5. The molecule has 0 aromatic rings. The predicted molar refractivity (Wildman–Crippen MR) is 232 cm³/mol. The number of nitrogens with zero attached hydrogens (tertiary/aromatic N) is 2. The van der Waals surface area contributed by atoms with Crippen LogP contribution in [0.25, 0.3) is 0 Å². The van der Waals surface area contributed by atoms with Crippen LogP contribution in [-0.2, 0) is 19.1 Å². The molecule has 58 heavy (non-hydrogen) atoms. The summed E-state index contributed by atoms with van der Waals surface area (Å²) in [5.41, 5.74) is -0.591. The Balaban J connectivity index is 0.00000469. The van der Waals surface area contributed by atoms with Gasteiger partial charge in [0.2, 0.25) is 0 Å². The molecule has 8 aliphatic carbocycles. The van der Waals surface area contributed by atoms with E-state index in [0.29, 0.717) is 91.9 Å². The molecule has 0 amide bonds. The second-order valence-corrected chi connectivity index (χ2v) is 23.3. The average Bonchev–Trinajstić information content (AvgIpc) is 3.87. The number of hydrogen-bond donors (Lipinski definition) is 2. The van der Waals surface area contributed by atoms with Crippen LogP contribution in [0.5, 0.6) is 0 Å². The maximum Gasteiger partial charge on any atom is 0.155 e. The van der Waals surface area contributed by atoms with Gasteiger partial charge < -0.3 is 29.5 Å². The summed E-state index contributed by atoms with van der Waals surface area (Å²) in [5.74, 6) is 6.26. The van der Waals surface area contributed by atoms with Crippen LogP contribution in [-0.4, -0.2) is 90.0 Å². The van der Waals surface area contributed by atoms with Gasteiger partial charge in [0.1, 0.15) is 0 Å². The summed E-state index contributed by atoms with van der Waals surface area (Å²) in [7, 11) is 3.42. The minimum Gasteiger partial charge on any atom is -0.387 e. The van der Waals surface area contributed by atoms with Crippen LogP contribution in [0.2, 0.25) is 0 Å². The van der Waals surface area contributed by atoms with E-state index < -0.39 is 11.2 Å². The molecule has 9 aliphatic rings. The highest BCUT2D eigenvalue weighted by Crippen LogP contribution is 2.70. The van der Waals surface area contributed by atoms with Gasteiger partial charge in [0.05, 0.1) is 44.2 Å². The third-order valence-corrected chi connectivity index (χ3v) is 20.8. The van der Waals surface area contributed by atoms with E-state index in [0.717, 1.165) is 64.2 Å². The molecule has 9 rings (SSSR count). The van der Waals surface area contributed by atoms with Crippen LogP contribution in [0.3, 0.4) is 0 Å². The van der Waals surface area contributed by atoms with Crippen LogP contribution in [0.15, 0.2) is 12.4 Å². The van der Waals surface area contributed by atoms with Crippen molar-refractivity contribution in [3.8, 4) is 0 Å². The van der Waals surface area contributed by atoms with E-state index in [1.807, 2.05) is 0 Å². The molecule has 0 radical (unpaired) electrons. The van der Waals surface area contributed by atoms with Crippen LogP contribution in [0.1, 0.15) is 143 Å². The van der Waals surface area contributed by atoms with E-state index in [2.05, 4.69) is 49.9 Å². The van der Waals surface area contributed by atoms with Crippen LogP contribution < -0.4 is 0 Å². The van der Waals surface area contributed by atoms with Gasteiger partial charge in [0.15, 0.2) is 11.6 Å². The molecule has 0 bridgehead atoms. The van der Waals surface area contributed by atoms with Gasteiger partial charge in [0, 0.05) is 38.5 Å². The van der Waals surface area contributed by atoms with E-state index in [4.69, 9.17) is 9.47 Å². The lowest BCUT2D eigenvalue weighted by Gasteiger charge is -2.62. The lowest BCUT2D eigenvalue weighted by atomic mass is 9.44. The monoisotopic (exact) mass is 871 g/mol. The molecule has 328 valence electrons. The van der Waals surface area contributed by atoms with E-state index >= 15 is 0 Å². The Hall–Kier alpha value is -1.00.